The zero-order chi connectivity index (χ0) is 13.1. The van der Waals surface area contributed by atoms with Crippen LogP contribution in [0.1, 0.15) is 11.1 Å². The topological polar surface area (TPSA) is 26.0 Å². The first-order valence-corrected chi connectivity index (χ1v) is 5.46. The molecule has 0 aliphatic rings. The van der Waals surface area contributed by atoms with E-state index >= 15 is 0 Å². The summed E-state index contributed by atoms with van der Waals surface area (Å²) in [7, 11) is 0. The highest BCUT2D eigenvalue weighted by Crippen LogP contribution is 2.21. The highest BCUT2D eigenvalue weighted by molar-refractivity contribution is 6.30. The van der Waals surface area contributed by atoms with Crippen LogP contribution in [-0.4, -0.2) is 0 Å². The number of halogens is 3. The van der Waals surface area contributed by atoms with Gasteiger partial charge in [-0.25, -0.2) is 8.78 Å². The fourth-order valence-electron chi connectivity index (χ4n) is 1.36. The van der Waals surface area contributed by atoms with E-state index in [0.29, 0.717) is 11.1 Å². The van der Waals surface area contributed by atoms with E-state index in [0.717, 1.165) is 6.07 Å². The molecule has 2 aromatic rings. The third-order valence-electron chi connectivity index (χ3n) is 2.28. The van der Waals surface area contributed by atoms with Crippen molar-refractivity contribution in [3.05, 3.63) is 64.2 Å². The van der Waals surface area contributed by atoms with Crippen molar-refractivity contribution in [2.24, 2.45) is 0 Å². The van der Waals surface area contributed by atoms with Crippen molar-refractivity contribution in [2.75, 3.05) is 5.73 Å². The minimum atomic E-state index is -0.606. The van der Waals surface area contributed by atoms with E-state index in [1.165, 1.54) is 30.3 Å². The summed E-state index contributed by atoms with van der Waals surface area (Å²) < 4.78 is 26.0. The fraction of sp³-hybridized carbons (Fsp3) is 0. The number of rotatable bonds is 0. The van der Waals surface area contributed by atoms with Gasteiger partial charge in [0.1, 0.15) is 11.6 Å². The van der Waals surface area contributed by atoms with Crippen LogP contribution in [0.25, 0.3) is 0 Å². The van der Waals surface area contributed by atoms with Crippen LogP contribution in [0.3, 0.4) is 0 Å². The van der Waals surface area contributed by atoms with Crippen LogP contribution in [0.2, 0.25) is 5.02 Å². The lowest BCUT2D eigenvalue weighted by molar-refractivity contribution is 0.627. The van der Waals surface area contributed by atoms with Gasteiger partial charge in [-0.05, 0) is 36.4 Å². The summed E-state index contributed by atoms with van der Waals surface area (Å²) in [6.45, 7) is 0. The van der Waals surface area contributed by atoms with E-state index in [9.17, 15) is 8.78 Å². The molecule has 4 heteroatoms. The molecule has 2 aromatic carbocycles. The second-order valence-electron chi connectivity index (χ2n) is 3.61. The minimum Gasteiger partial charge on any atom is -0.395 e. The zero-order valence-electron chi connectivity index (χ0n) is 9.18. The van der Waals surface area contributed by atoms with Crippen molar-refractivity contribution in [1.82, 2.24) is 0 Å². The summed E-state index contributed by atoms with van der Waals surface area (Å²) in [6.07, 6.45) is 0. The molecule has 0 aromatic heterocycles. The van der Waals surface area contributed by atoms with Gasteiger partial charge in [0.25, 0.3) is 0 Å². The van der Waals surface area contributed by atoms with Crippen LogP contribution in [0, 0.1) is 23.5 Å². The van der Waals surface area contributed by atoms with Crippen molar-refractivity contribution in [3.63, 3.8) is 0 Å². The molecule has 0 heterocycles. The molecule has 2 N–H and O–H groups in total. The molecular weight excluding hydrogens is 256 g/mol. The van der Waals surface area contributed by atoms with Gasteiger partial charge < -0.3 is 5.73 Å². The van der Waals surface area contributed by atoms with Gasteiger partial charge >= 0.3 is 0 Å². The Kier molecular flexibility index (Phi) is 3.50. The third kappa shape index (κ3) is 2.79. The first kappa shape index (κ1) is 12.4. The maximum absolute atomic E-state index is 13.3. The fourth-order valence-corrected chi connectivity index (χ4v) is 1.57. The SMILES string of the molecule is Nc1c(F)cc(Cl)cc1C#Cc1ccc(F)cc1. The molecule has 0 saturated carbocycles. The van der Waals surface area contributed by atoms with E-state index in [1.54, 1.807) is 0 Å². The number of hydrogen-bond acceptors (Lipinski definition) is 1. The Hall–Kier alpha value is -2.05. The molecule has 0 fully saturated rings. The number of nitrogen functional groups attached to an aromatic ring is 1. The largest absolute Gasteiger partial charge is 0.395 e. The minimum absolute atomic E-state index is 0.0472. The third-order valence-corrected chi connectivity index (χ3v) is 2.50. The van der Waals surface area contributed by atoms with Gasteiger partial charge in [-0.2, -0.15) is 0 Å². The molecule has 0 unspecified atom stereocenters. The molecule has 0 spiro atoms. The first-order chi connectivity index (χ1) is 8.56. The number of hydrogen-bond donors (Lipinski definition) is 1. The molecule has 0 amide bonds. The van der Waals surface area contributed by atoms with Crippen LogP contribution in [-0.2, 0) is 0 Å². The van der Waals surface area contributed by atoms with Gasteiger partial charge in [-0.15, -0.1) is 0 Å². The monoisotopic (exact) mass is 263 g/mol. The second kappa shape index (κ2) is 5.07. The van der Waals surface area contributed by atoms with Gasteiger partial charge in [0.15, 0.2) is 0 Å². The van der Waals surface area contributed by atoms with Gasteiger partial charge in [0.05, 0.1) is 11.3 Å². The van der Waals surface area contributed by atoms with Crippen molar-refractivity contribution < 1.29 is 8.78 Å². The van der Waals surface area contributed by atoms with Crippen molar-refractivity contribution in [2.45, 2.75) is 0 Å². The molecule has 90 valence electrons. The van der Waals surface area contributed by atoms with E-state index in [2.05, 4.69) is 11.8 Å². The Labute approximate surface area is 108 Å². The van der Waals surface area contributed by atoms with Crippen molar-refractivity contribution >= 4 is 17.3 Å². The lowest BCUT2D eigenvalue weighted by Gasteiger charge is -2.00. The zero-order valence-corrected chi connectivity index (χ0v) is 9.93. The van der Waals surface area contributed by atoms with Gasteiger partial charge in [-0.1, -0.05) is 23.4 Å². The summed E-state index contributed by atoms with van der Waals surface area (Å²) in [5.74, 6) is 4.53. The summed E-state index contributed by atoms with van der Waals surface area (Å²) in [4.78, 5) is 0. The molecular formula is C14H8ClF2N. The van der Waals surface area contributed by atoms with Gasteiger partial charge in [-0.3, -0.25) is 0 Å². The van der Waals surface area contributed by atoms with Gasteiger partial charge in [0.2, 0.25) is 0 Å². The normalized spacial score (nSPS) is 9.72. The molecule has 0 aliphatic heterocycles. The van der Waals surface area contributed by atoms with E-state index in [-0.39, 0.29) is 16.5 Å². The summed E-state index contributed by atoms with van der Waals surface area (Å²) >= 11 is 5.71. The predicted molar refractivity (Wildman–Crippen MR) is 68.2 cm³/mol. The molecule has 0 aliphatic carbocycles. The van der Waals surface area contributed by atoms with Crippen LogP contribution in [0.15, 0.2) is 36.4 Å². The highest BCUT2D eigenvalue weighted by atomic mass is 35.5. The van der Waals surface area contributed by atoms with Crippen LogP contribution in [0.4, 0.5) is 14.5 Å². The lowest BCUT2D eigenvalue weighted by atomic mass is 10.1. The average molecular weight is 264 g/mol. The second-order valence-corrected chi connectivity index (χ2v) is 4.04. The Balaban J connectivity index is 2.38. The maximum atomic E-state index is 13.3. The Morgan fingerprint density at radius 2 is 1.67 bits per heavy atom. The highest BCUT2D eigenvalue weighted by Gasteiger charge is 2.04. The molecule has 1 nitrogen and oxygen atoms in total. The standard InChI is InChI=1S/C14H8ClF2N/c15-11-7-10(14(18)13(17)8-11)4-1-9-2-5-12(16)6-3-9/h2-3,5-8H,18H2. The maximum Gasteiger partial charge on any atom is 0.148 e. The number of benzene rings is 2. The van der Waals surface area contributed by atoms with E-state index < -0.39 is 5.82 Å². The Morgan fingerprint density at radius 1 is 1.00 bits per heavy atom. The Morgan fingerprint density at radius 3 is 2.33 bits per heavy atom. The lowest BCUT2D eigenvalue weighted by Crippen LogP contribution is -1.94. The van der Waals surface area contributed by atoms with Crippen LogP contribution >= 0.6 is 11.6 Å². The molecule has 0 saturated heterocycles. The van der Waals surface area contributed by atoms with Crippen LogP contribution in [0.5, 0.6) is 0 Å². The Bertz CT molecular complexity index is 639. The summed E-state index contributed by atoms with van der Waals surface area (Å²) in [5, 5.41) is 0.227. The molecule has 18 heavy (non-hydrogen) atoms. The average Bonchev–Trinajstić information content (AvgIpc) is 2.34. The molecule has 2 rings (SSSR count). The smallest absolute Gasteiger partial charge is 0.148 e. The van der Waals surface area contributed by atoms with E-state index in [4.69, 9.17) is 17.3 Å². The molecule has 0 atom stereocenters. The summed E-state index contributed by atoms with van der Waals surface area (Å²) in [5.41, 5.74) is 6.41. The quantitative estimate of drug-likeness (QED) is 0.570. The van der Waals surface area contributed by atoms with Crippen molar-refractivity contribution in [3.8, 4) is 11.8 Å². The predicted octanol–water partition coefficient (Wildman–Crippen LogP) is 3.60. The van der Waals surface area contributed by atoms with Crippen LogP contribution < -0.4 is 5.73 Å². The van der Waals surface area contributed by atoms with Crippen molar-refractivity contribution in [1.29, 1.82) is 0 Å². The molecule has 0 bridgehead atoms. The first-order valence-electron chi connectivity index (χ1n) is 5.08. The molecule has 0 radical (unpaired) electrons. The summed E-state index contributed by atoms with van der Waals surface area (Å²) in [6, 6.07) is 8.26. The van der Waals surface area contributed by atoms with E-state index in [1.807, 2.05) is 0 Å². The van der Waals surface area contributed by atoms with Gasteiger partial charge in [0, 0.05) is 10.6 Å². The number of nitrogens with two attached hydrogens (primary N) is 1. The number of anilines is 1.